The normalized spacial score (nSPS) is 15.8. The van der Waals surface area contributed by atoms with E-state index in [1.54, 1.807) is 12.4 Å². The van der Waals surface area contributed by atoms with E-state index in [1.165, 1.54) is 9.36 Å². The molecule has 2 heterocycles. The average molecular weight is 1020 g/mol. The molecule has 410 valence electrons. The van der Waals surface area contributed by atoms with Crippen molar-refractivity contribution in [2.24, 2.45) is 26.6 Å². The van der Waals surface area contributed by atoms with Crippen LogP contribution >= 0.6 is 0 Å². The molecule has 1 amide bonds. The molecule has 0 bridgehead atoms. The zero-order chi connectivity index (χ0) is 54.3. The zero-order valence-corrected chi connectivity index (χ0v) is 43.0. The summed E-state index contributed by atoms with van der Waals surface area (Å²) in [5, 5.41) is 104. The lowest BCUT2D eigenvalue weighted by Crippen LogP contribution is -2.44. The second kappa shape index (κ2) is 35.2. The summed E-state index contributed by atoms with van der Waals surface area (Å²) in [6.45, 7) is 26.1. The minimum atomic E-state index is -2.13. The van der Waals surface area contributed by atoms with Gasteiger partial charge in [0.2, 0.25) is 0 Å². The molecule has 0 spiro atoms. The van der Waals surface area contributed by atoms with Crippen molar-refractivity contribution in [1.29, 1.82) is 0 Å². The lowest BCUT2D eigenvalue weighted by Gasteiger charge is -2.22. The third kappa shape index (κ3) is 35.2. The molecule has 26 heteroatoms. The summed E-state index contributed by atoms with van der Waals surface area (Å²) in [5.74, 6) is -0.432. The van der Waals surface area contributed by atoms with Crippen molar-refractivity contribution in [1.82, 2.24) is 45.9 Å². The Balaban J connectivity index is 0. The Morgan fingerprint density at radius 1 is 0.671 bits per heavy atom. The van der Waals surface area contributed by atoms with Crippen molar-refractivity contribution in [3.63, 3.8) is 0 Å². The summed E-state index contributed by atoms with van der Waals surface area (Å²) in [6.07, 6.45) is -10.2. The van der Waals surface area contributed by atoms with Crippen LogP contribution in [0.5, 0.6) is 0 Å². The van der Waals surface area contributed by atoms with Gasteiger partial charge in [0.25, 0.3) is 5.91 Å². The first-order valence-electron chi connectivity index (χ1n) is 22.8. The maximum absolute atomic E-state index is 13.4. The number of nitrogens with one attached hydrogen (secondary N) is 3. The number of aliphatic hydroxyl groups excluding tert-OH is 8. The van der Waals surface area contributed by atoms with Gasteiger partial charge in [-0.2, -0.15) is 0 Å². The Labute approximate surface area is 409 Å². The standard InChI is InChI=1S/C13H25FN2O6.C13H27FN2O5.C10H19FN4.C8H14FN3/c1-13(2,3)7-15-10(19)6-22-16-4-8(14)11(20)12(21)9(18)5-17;1-13(2,3)8-15-4-5-21-16-6-9(14)11(19)12(20)10(18)7-17;1-10(2,3)8-12-6-9-7-15(5-4-11)14-13-9;1-8(2,3)7-6-12(5-4-9)11-10-7/h4,8-9,11-12,17-18,20-21H,5-7H2,1-3H3,(H,15,19);6,9-12,15,17-20H,4-5,7-8H2,1-3H3;7,12H,4-6,8H2,1-3H3;6H,4-5H2,1-3H3/b16-4+;16-6+;;. The first-order valence-corrected chi connectivity index (χ1v) is 22.8. The van der Waals surface area contributed by atoms with Crippen LogP contribution in [0.25, 0.3) is 0 Å². The van der Waals surface area contributed by atoms with E-state index in [4.69, 9.17) is 25.3 Å². The van der Waals surface area contributed by atoms with E-state index in [0.29, 0.717) is 38.6 Å². The van der Waals surface area contributed by atoms with Gasteiger partial charge in [0.15, 0.2) is 19.0 Å². The van der Waals surface area contributed by atoms with Crippen LogP contribution in [-0.4, -0.2) is 204 Å². The minimum Gasteiger partial charge on any atom is -0.395 e. The molecule has 8 unspecified atom stereocenters. The van der Waals surface area contributed by atoms with Gasteiger partial charge in [0.05, 0.1) is 50.1 Å². The highest BCUT2D eigenvalue weighted by molar-refractivity contribution is 5.77. The number of carbonyl (C=O) groups is 1. The van der Waals surface area contributed by atoms with E-state index in [0.717, 1.165) is 24.5 Å². The molecule has 8 atom stereocenters. The summed E-state index contributed by atoms with van der Waals surface area (Å²) in [5.41, 5.74) is 2.07. The number of aromatic nitrogens is 6. The van der Waals surface area contributed by atoms with E-state index < -0.39 is 88.0 Å². The van der Waals surface area contributed by atoms with Gasteiger partial charge in [-0.25, -0.2) is 26.9 Å². The van der Waals surface area contributed by atoms with Gasteiger partial charge < -0.3 is 66.5 Å². The highest BCUT2D eigenvalue weighted by Crippen LogP contribution is 2.18. The van der Waals surface area contributed by atoms with Crippen LogP contribution < -0.4 is 16.0 Å². The maximum Gasteiger partial charge on any atom is 0.260 e. The Hall–Kier alpha value is -3.99. The van der Waals surface area contributed by atoms with Crippen LogP contribution in [0.1, 0.15) is 94.5 Å². The van der Waals surface area contributed by atoms with E-state index in [-0.39, 0.29) is 34.8 Å². The van der Waals surface area contributed by atoms with E-state index in [9.17, 15) is 42.8 Å². The highest BCUT2D eigenvalue weighted by atomic mass is 19.1. The van der Waals surface area contributed by atoms with Crippen molar-refractivity contribution in [3.8, 4) is 0 Å². The Morgan fingerprint density at radius 2 is 1.11 bits per heavy atom. The molecule has 0 fully saturated rings. The molecule has 70 heavy (non-hydrogen) atoms. The van der Waals surface area contributed by atoms with E-state index in [2.05, 4.69) is 114 Å². The molecule has 0 aliphatic heterocycles. The summed E-state index contributed by atoms with van der Waals surface area (Å²) in [6, 6.07) is 0. The SMILES string of the molecule is CC(C)(C)CNC(=O)CO/N=C/C(F)C(O)C(O)C(O)CO.CC(C)(C)CNCCO/N=C/C(F)C(O)C(O)C(O)CO.CC(C)(C)CNCc1cn(CCF)nn1.CC(C)(C)c1cn(CCF)nn1. The number of halogens is 4. The topological polar surface area (TPSA) is 320 Å². The summed E-state index contributed by atoms with van der Waals surface area (Å²) >= 11 is 0. The van der Waals surface area contributed by atoms with Gasteiger partial charge in [-0.15, -0.1) is 10.2 Å². The Bertz CT molecular complexity index is 1690. The van der Waals surface area contributed by atoms with Crippen LogP contribution in [0.3, 0.4) is 0 Å². The fourth-order valence-electron chi connectivity index (χ4n) is 4.59. The first kappa shape index (κ1) is 68.1. The largest absolute Gasteiger partial charge is 0.395 e. The monoisotopic (exact) mass is 1020 g/mol. The van der Waals surface area contributed by atoms with Crippen molar-refractivity contribution >= 4 is 18.3 Å². The smallest absolute Gasteiger partial charge is 0.260 e. The molecule has 0 aliphatic rings. The fraction of sp³-hybridized carbons (Fsp3) is 0.841. The number of aryl methyl sites for hydroxylation is 2. The van der Waals surface area contributed by atoms with E-state index in [1.807, 2.05) is 20.8 Å². The van der Waals surface area contributed by atoms with Crippen LogP contribution in [-0.2, 0) is 39.5 Å². The lowest BCUT2D eigenvalue weighted by molar-refractivity contribution is -0.126. The molecule has 0 radical (unpaired) electrons. The van der Waals surface area contributed by atoms with Gasteiger partial charge in [-0.3, -0.25) is 4.79 Å². The van der Waals surface area contributed by atoms with Crippen LogP contribution in [0.15, 0.2) is 22.7 Å². The van der Waals surface area contributed by atoms with Gasteiger partial charge in [-0.05, 0) is 16.2 Å². The van der Waals surface area contributed by atoms with Crippen LogP contribution in [0.4, 0.5) is 17.6 Å². The van der Waals surface area contributed by atoms with Gasteiger partial charge in [0, 0.05) is 50.5 Å². The third-order valence-electron chi connectivity index (χ3n) is 8.59. The van der Waals surface area contributed by atoms with Gasteiger partial charge in [-0.1, -0.05) is 104 Å². The van der Waals surface area contributed by atoms with Gasteiger partial charge >= 0.3 is 0 Å². The lowest BCUT2D eigenvalue weighted by atomic mass is 9.93. The highest BCUT2D eigenvalue weighted by Gasteiger charge is 2.31. The van der Waals surface area contributed by atoms with Crippen molar-refractivity contribution in [2.75, 3.05) is 66.0 Å². The molecular formula is C44H85F4N11O11. The number of alkyl halides is 4. The van der Waals surface area contributed by atoms with Crippen molar-refractivity contribution in [2.45, 2.75) is 157 Å². The summed E-state index contributed by atoms with van der Waals surface area (Å²) < 4.78 is 53.8. The number of hydrogen-bond acceptors (Lipinski definition) is 19. The molecule has 2 rings (SSSR count). The summed E-state index contributed by atoms with van der Waals surface area (Å²) in [4.78, 5) is 20.7. The molecule has 0 saturated heterocycles. The van der Waals surface area contributed by atoms with Crippen molar-refractivity contribution in [3.05, 3.63) is 23.8 Å². The predicted octanol–water partition coefficient (Wildman–Crippen LogP) is 0.530. The predicted molar refractivity (Wildman–Crippen MR) is 256 cm³/mol. The van der Waals surface area contributed by atoms with Crippen LogP contribution in [0.2, 0.25) is 0 Å². The number of rotatable bonds is 26. The number of oxime groups is 2. The number of carbonyl (C=O) groups excluding carboxylic acids is 1. The number of aliphatic hydroxyl groups is 8. The molecular weight excluding hydrogens is 935 g/mol. The van der Waals surface area contributed by atoms with Gasteiger partial charge in [0.1, 0.15) is 56.6 Å². The number of nitrogens with zero attached hydrogens (tertiary/aromatic N) is 8. The second-order valence-corrected chi connectivity index (χ2v) is 20.7. The van der Waals surface area contributed by atoms with E-state index >= 15 is 0 Å². The summed E-state index contributed by atoms with van der Waals surface area (Å²) in [7, 11) is 0. The Kier molecular flexibility index (Phi) is 34.2. The molecule has 0 aromatic carbocycles. The third-order valence-corrected chi connectivity index (χ3v) is 8.59. The number of hydrogen-bond donors (Lipinski definition) is 11. The zero-order valence-electron chi connectivity index (χ0n) is 43.0. The van der Waals surface area contributed by atoms with Crippen molar-refractivity contribution < 1.29 is 72.9 Å². The molecule has 0 saturated carbocycles. The molecule has 2 aromatic rings. The molecule has 22 nitrogen and oxygen atoms in total. The van der Waals surface area contributed by atoms with Crippen LogP contribution in [0, 0.1) is 16.2 Å². The maximum atomic E-state index is 13.4. The quantitative estimate of drug-likeness (QED) is 0.0265. The molecule has 2 aromatic heterocycles. The Morgan fingerprint density at radius 3 is 1.54 bits per heavy atom. The fourth-order valence-corrected chi connectivity index (χ4v) is 4.59. The first-order chi connectivity index (χ1) is 32.3. The number of amides is 1. The molecule has 11 N–H and O–H groups in total. The average Bonchev–Trinajstić information content (AvgIpc) is 3.95. The minimum absolute atomic E-state index is 0.00539. The molecule has 0 aliphatic carbocycles. The second-order valence-electron chi connectivity index (χ2n) is 20.7.